The highest BCUT2D eigenvalue weighted by molar-refractivity contribution is 5.74. The number of hydrogen-bond donors (Lipinski definition) is 1. The van der Waals surface area contributed by atoms with Gasteiger partial charge in [0.1, 0.15) is 0 Å². The summed E-state index contributed by atoms with van der Waals surface area (Å²) in [6.45, 7) is 4.92. The third-order valence-corrected chi connectivity index (χ3v) is 4.82. The fourth-order valence-corrected chi connectivity index (χ4v) is 3.29. The average Bonchev–Trinajstić information content (AvgIpc) is 3.07. The number of urea groups is 1. The molecular weight excluding hydrogens is 330 g/mol. The summed E-state index contributed by atoms with van der Waals surface area (Å²) in [6.07, 6.45) is 2.57. The van der Waals surface area contributed by atoms with E-state index in [2.05, 4.69) is 27.4 Å². The molecule has 0 atom stereocenters. The minimum absolute atomic E-state index is 0.0244. The maximum absolute atomic E-state index is 12.9. The van der Waals surface area contributed by atoms with Crippen molar-refractivity contribution in [2.24, 2.45) is 0 Å². The van der Waals surface area contributed by atoms with Crippen LogP contribution in [-0.4, -0.2) is 58.7 Å². The van der Waals surface area contributed by atoms with Crippen LogP contribution in [0.15, 0.2) is 34.9 Å². The summed E-state index contributed by atoms with van der Waals surface area (Å²) in [6, 6.07) is 10.2. The molecule has 140 valence electrons. The first-order valence-electron chi connectivity index (χ1n) is 9.18. The van der Waals surface area contributed by atoms with E-state index in [1.165, 1.54) is 0 Å². The number of carbonyl (C=O) groups excluding carboxylic acids is 1. The predicted octanol–water partition coefficient (Wildman–Crippen LogP) is 2.23. The third-order valence-electron chi connectivity index (χ3n) is 4.82. The lowest BCUT2D eigenvalue weighted by Crippen LogP contribution is -2.50. The number of benzene rings is 1. The largest absolute Gasteiger partial charge is 0.340 e. The lowest BCUT2D eigenvalue weighted by molar-refractivity contribution is 0.131. The molecule has 1 aliphatic rings. The van der Waals surface area contributed by atoms with E-state index in [1.54, 1.807) is 6.92 Å². The number of piperidine rings is 1. The number of rotatable bonds is 6. The summed E-state index contributed by atoms with van der Waals surface area (Å²) in [5.74, 6) is 1.20. The Morgan fingerprint density at radius 2 is 2.04 bits per heavy atom. The Morgan fingerprint density at radius 3 is 2.69 bits per heavy atom. The Balaban J connectivity index is 1.61. The zero-order valence-electron chi connectivity index (χ0n) is 15.5. The summed E-state index contributed by atoms with van der Waals surface area (Å²) in [5.41, 5.74) is 1.10. The summed E-state index contributed by atoms with van der Waals surface area (Å²) < 4.78 is 5.04. The van der Waals surface area contributed by atoms with Gasteiger partial charge in [0.15, 0.2) is 5.82 Å². The van der Waals surface area contributed by atoms with E-state index in [0.29, 0.717) is 31.2 Å². The quantitative estimate of drug-likeness (QED) is 0.858. The molecule has 0 aliphatic carbocycles. The van der Waals surface area contributed by atoms with Crippen LogP contribution < -0.4 is 5.32 Å². The highest BCUT2D eigenvalue weighted by Crippen LogP contribution is 2.16. The Bertz CT molecular complexity index is 695. The molecule has 0 radical (unpaired) electrons. The van der Waals surface area contributed by atoms with Gasteiger partial charge in [-0.3, -0.25) is 0 Å². The predicted molar refractivity (Wildman–Crippen MR) is 98.6 cm³/mol. The first kappa shape index (κ1) is 18.4. The number of nitrogens with one attached hydrogen (secondary N) is 1. The molecule has 1 aromatic heterocycles. The number of amides is 2. The van der Waals surface area contributed by atoms with E-state index >= 15 is 0 Å². The van der Waals surface area contributed by atoms with E-state index < -0.39 is 0 Å². The molecule has 0 spiro atoms. The number of likely N-dealkylation sites (tertiary alicyclic amines) is 1. The molecule has 1 aromatic carbocycles. The van der Waals surface area contributed by atoms with Crippen molar-refractivity contribution in [3.8, 4) is 0 Å². The first-order chi connectivity index (χ1) is 12.6. The Labute approximate surface area is 154 Å². The number of aromatic nitrogens is 2. The summed E-state index contributed by atoms with van der Waals surface area (Å²) in [5, 5.41) is 7.00. The van der Waals surface area contributed by atoms with Crippen molar-refractivity contribution in [3.63, 3.8) is 0 Å². The Kier molecular flexibility index (Phi) is 6.22. The molecular formula is C19H27N5O2. The second kappa shape index (κ2) is 8.80. The summed E-state index contributed by atoms with van der Waals surface area (Å²) in [4.78, 5) is 21.4. The van der Waals surface area contributed by atoms with Gasteiger partial charge in [0.25, 0.3) is 0 Å². The fourth-order valence-electron chi connectivity index (χ4n) is 3.29. The Morgan fingerprint density at radius 1 is 1.31 bits per heavy atom. The van der Waals surface area contributed by atoms with Crippen LogP contribution >= 0.6 is 0 Å². The van der Waals surface area contributed by atoms with Crippen LogP contribution in [0.4, 0.5) is 4.79 Å². The van der Waals surface area contributed by atoms with E-state index in [9.17, 15) is 4.79 Å². The zero-order valence-corrected chi connectivity index (χ0v) is 15.5. The van der Waals surface area contributed by atoms with Crippen molar-refractivity contribution in [1.82, 2.24) is 25.3 Å². The molecule has 1 saturated heterocycles. The smallest absolute Gasteiger partial charge is 0.317 e. The van der Waals surface area contributed by atoms with Gasteiger partial charge in [-0.15, -0.1) is 0 Å². The molecule has 2 heterocycles. The maximum atomic E-state index is 12.9. The van der Waals surface area contributed by atoms with Gasteiger partial charge in [0.2, 0.25) is 5.89 Å². The molecule has 0 saturated carbocycles. The van der Waals surface area contributed by atoms with Crippen LogP contribution in [0.5, 0.6) is 0 Å². The van der Waals surface area contributed by atoms with Gasteiger partial charge >= 0.3 is 6.03 Å². The van der Waals surface area contributed by atoms with Gasteiger partial charge in [-0.25, -0.2) is 4.79 Å². The molecule has 0 bridgehead atoms. The SMILES string of the molecule is Cc1nc(CCN(C(=O)NCc2ccccc2)C2CCN(C)CC2)no1. The molecule has 7 nitrogen and oxygen atoms in total. The number of hydrogen-bond acceptors (Lipinski definition) is 5. The van der Waals surface area contributed by atoms with Crippen LogP contribution in [0.2, 0.25) is 0 Å². The number of nitrogens with zero attached hydrogens (tertiary/aromatic N) is 4. The zero-order chi connectivity index (χ0) is 18.4. The van der Waals surface area contributed by atoms with Gasteiger partial charge in [0, 0.05) is 32.5 Å². The molecule has 2 aromatic rings. The van der Waals surface area contributed by atoms with E-state index in [4.69, 9.17) is 4.52 Å². The van der Waals surface area contributed by atoms with Crippen LogP contribution in [0, 0.1) is 6.92 Å². The number of carbonyl (C=O) groups is 1. The van der Waals surface area contributed by atoms with Crippen LogP contribution in [0.1, 0.15) is 30.1 Å². The maximum Gasteiger partial charge on any atom is 0.317 e. The average molecular weight is 357 g/mol. The Hall–Kier alpha value is -2.41. The van der Waals surface area contributed by atoms with Crippen molar-refractivity contribution >= 4 is 6.03 Å². The van der Waals surface area contributed by atoms with Crippen LogP contribution in [0.3, 0.4) is 0 Å². The van der Waals surface area contributed by atoms with Crippen molar-refractivity contribution in [1.29, 1.82) is 0 Å². The molecule has 2 amide bonds. The van der Waals surface area contributed by atoms with Gasteiger partial charge in [-0.05, 0) is 38.5 Å². The minimum atomic E-state index is -0.0244. The molecule has 7 heteroatoms. The summed E-state index contributed by atoms with van der Waals surface area (Å²) >= 11 is 0. The second-order valence-corrected chi connectivity index (χ2v) is 6.85. The van der Waals surface area contributed by atoms with Gasteiger partial charge in [-0.2, -0.15) is 4.98 Å². The van der Waals surface area contributed by atoms with E-state index in [-0.39, 0.29) is 12.1 Å². The van der Waals surface area contributed by atoms with Crippen LogP contribution in [-0.2, 0) is 13.0 Å². The normalized spacial score (nSPS) is 15.8. The highest BCUT2D eigenvalue weighted by atomic mass is 16.5. The lowest BCUT2D eigenvalue weighted by Gasteiger charge is -2.37. The molecule has 1 aliphatic heterocycles. The van der Waals surface area contributed by atoms with Crippen LogP contribution in [0.25, 0.3) is 0 Å². The molecule has 3 rings (SSSR count). The first-order valence-corrected chi connectivity index (χ1v) is 9.18. The molecule has 1 fully saturated rings. The third kappa shape index (κ3) is 5.05. The molecule has 1 N–H and O–H groups in total. The van der Waals surface area contributed by atoms with Crippen molar-refractivity contribution in [3.05, 3.63) is 47.6 Å². The minimum Gasteiger partial charge on any atom is -0.340 e. The topological polar surface area (TPSA) is 74.5 Å². The van der Waals surface area contributed by atoms with Gasteiger partial charge in [-0.1, -0.05) is 35.5 Å². The molecule has 0 unspecified atom stereocenters. The van der Waals surface area contributed by atoms with Crippen molar-refractivity contribution < 1.29 is 9.32 Å². The lowest BCUT2D eigenvalue weighted by atomic mass is 10.0. The standard InChI is InChI=1S/C19H27N5O2/c1-15-21-18(22-26-15)10-13-24(17-8-11-23(2)12-9-17)19(25)20-14-16-6-4-3-5-7-16/h3-7,17H,8-14H2,1-2H3,(H,20,25). The summed E-state index contributed by atoms with van der Waals surface area (Å²) in [7, 11) is 2.12. The monoisotopic (exact) mass is 357 g/mol. The fraction of sp³-hybridized carbons (Fsp3) is 0.526. The van der Waals surface area contributed by atoms with Crippen molar-refractivity contribution in [2.45, 2.75) is 38.8 Å². The molecule has 26 heavy (non-hydrogen) atoms. The van der Waals surface area contributed by atoms with E-state index in [0.717, 1.165) is 31.5 Å². The second-order valence-electron chi connectivity index (χ2n) is 6.85. The van der Waals surface area contributed by atoms with Gasteiger partial charge < -0.3 is 19.6 Å². The highest BCUT2D eigenvalue weighted by Gasteiger charge is 2.27. The van der Waals surface area contributed by atoms with Crippen molar-refractivity contribution in [2.75, 3.05) is 26.7 Å². The van der Waals surface area contributed by atoms with Gasteiger partial charge in [0.05, 0.1) is 0 Å². The van der Waals surface area contributed by atoms with E-state index in [1.807, 2.05) is 35.2 Å². The number of aryl methyl sites for hydroxylation is 1.